The Kier molecular flexibility index (Phi) is 5.66. The van der Waals surface area contributed by atoms with Crippen molar-refractivity contribution in [3.05, 3.63) is 11.1 Å². The summed E-state index contributed by atoms with van der Waals surface area (Å²) in [5.74, 6) is -0.515. The summed E-state index contributed by atoms with van der Waals surface area (Å²) in [7, 11) is 0. The van der Waals surface area contributed by atoms with Gasteiger partial charge in [0.1, 0.15) is 11.7 Å². The van der Waals surface area contributed by atoms with Crippen LogP contribution in [0.25, 0.3) is 0 Å². The quantitative estimate of drug-likeness (QED) is 0.743. The van der Waals surface area contributed by atoms with Crippen LogP contribution in [0.5, 0.6) is 0 Å². The van der Waals surface area contributed by atoms with Crippen LogP contribution in [0.1, 0.15) is 41.0 Å². The minimum absolute atomic E-state index is 0.240. The van der Waals surface area contributed by atoms with Gasteiger partial charge >= 0.3 is 6.09 Å². The minimum atomic E-state index is -0.937. The summed E-state index contributed by atoms with van der Waals surface area (Å²) in [5.41, 5.74) is 0.326. The molecule has 0 saturated heterocycles. The van der Waals surface area contributed by atoms with Gasteiger partial charge in [0.2, 0.25) is 0 Å². The molecule has 21 heavy (non-hydrogen) atoms. The molecule has 1 rings (SSSR count). The maximum atomic E-state index is 12.5. The molecule has 1 aliphatic rings. The van der Waals surface area contributed by atoms with Gasteiger partial charge in [-0.1, -0.05) is 5.57 Å². The molecule has 1 heterocycles. The molecular formula is C15H23NO5. The summed E-state index contributed by atoms with van der Waals surface area (Å²) < 4.78 is 10.5. The summed E-state index contributed by atoms with van der Waals surface area (Å²) >= 11 is 0. The molecule has 0 radical (unpaired) electrons. The summed E-state index contributed by atoms with van der Waals surface area (Å²) in [6.07, 6.45) is -0.539. The average Bonchev–Trinajstić information content (AvgIpc) is 2.35. The lowest BCUT2D eigenvalue weighted by Gasteiger charge is -2.31. The van der Waals surface area contributed by atoms with E-state index in [0.717, 1.165) is 10.5 Å². The highest BCUT2D eigenvalue weighted by molar-refractivity contribution is 6.06. The second kappa shape index (κ2) is 6.85. The highest BCUT2D eigenvalue weighted by Crippen LogP contribution is 2.24. The van der Waals surface area contributed by atoms with Gasteiger partial charge in [-0.2, -0.15) is 0 Å². The molecule has 2 amide bonds. The zero-order chi connectivity index (χ0) is 16.2. The van der Waals surface area contributed by atoms with Crippen LogP contribution in [-0.2, 0) is 19.1 Å². The third-order valence-corrected chi connectivity index (χ3v) is 3.01. The fourth-order valence-electron chi connectivity index (χ4n) is 2.07. The van der Waals surface area contributed by atoms with Crippen molar-refractivity contribution in [2.75, 3.05) is 13.2 Å². The molecule has 0 fully saturated rings. The van der Waals surface area contributed by atoms with E-state index in [9.17, 15) is 14.4 Å². The number of hydrogen-bond acceptors (Lipinski definition) is 5. The third kappa shape index (κ3) is 4.39. The normalized spacial score (nSPS) is 17.8. The molecule has 0 aromatic rings. The van der Waals surface area contributed by atoms with Gasteiger partial charge in [-0.15, -0.1) is 0 Å². The van der Waals surface area contributed by atoms with Crippen molar-refractivity contribution in [3.8, 4) is 0 Å². The van der Waals surface area contributed by atoms with Gasteiger partial charge in [-0.05, 0) is 41.0 Å². The van der Waals surface area contributed by atoms with E-state index in [1.165, 1.54) is 0 Å². The maximum Gasteiger partial charge on any atom is 0.417 e. The molecule has 0 aliphatic carbocycles. The second-order valence-corrected chi connectivity index (χ2v) is 5.89. The van der Waals surface area contributed by atoms with Crippen LogP contribution >= 0.6 is 0 Å². The SMILES string of the molecule is CCOC(C=O)C1=C(C)CCN(C(=O)OC(C)(C)C)C1=O. The topological polar surface area (TPSA) is 72.9 Å². The van der Waals surface area contributed by atoms with Crippen molar-refractivity contribution in [1.82, 2.24) is 4.90 Å². The third-order valence-electron chi connectivity index (χ3n) is 3.01. The van der Waals surface area contributed by atoms with Crippen LogP contribution in [0.4, 0.5) is 4.79 Å². The van der Waals surface area contributed by atoms with Gasteiger partial charge < -0.3 is 14.3 Å². The lowest BCUT2D eigenvalue weighted by molar-refractivity contribution is -0.131. The number of carbonyl (C=O) groups excluding carboxylic acids is 3. The molecule has 0 aromatic carbocycles. The number of imide groups is 1. The smallest absolute Gasteiger partial charge is 0.417 e. The molecule has 6 heteroatoms. The van der Waals surface area contributed by atoms with Gasteiger partial charge in [0.05, 0.1) is 5.57 Å². The van der Waals surface area contributed by atoms with Crippen LogP contribution in [0.3, 0.4) is 0 Å². The van der Waals surface area contributed by atoms with E-state index in [1.807, 2.05) is 0 Å². The van der Waals surface area contributed by atoms with E-state index in [0.29, 0.717) is 19.3 Å². The molecule has 1 atom stereocenters. The largest absolute Gasteiger partial charge is 0.443 e. The van der Waals surface area contributed by atoms with Gasteiger partial charge in [0.15, 0.2) is 6.29 Å². The Bertz CT molecular complexity index is 461. The van der Waals surface area contributed by atoms with E-state index in [2.05, 4.69) is 0 Å². The first-order chi connectivity index (χ1) is 9.71. The zero-order valence-electron chi connectivity index (χ0n) is 13.3. The predicted molar refractivity (Wildman–Crippen MR) is 76.7 cm³/mol. The molecule has 0 bridgehead atoms. The van der Waals surface area contributed by atoms with E-state index in [1.54, 1.807) is 34.6 Å². The van der Waals surface area contributed by atoms with Crippen molar-refractivity contribution in [3.63, 3.8) is 0 Å². The Labute approximate surface area is 125 Å². The number of aldehydes is 1. The monoisotopic (exact) mass is 297 g/mol. The molecule has 0 N–H and O–H groups in total. The highest BCUT2D eigenvalue weighted by atomic mass is 16.6. The predicted octanol–water partition coefficient (Wildman–Crippen LogP) is 2.07. The van der Waals surface area contributed by atoms with Crippen molar-refractivity contribution in [1.29, 1.82) is 0 Å². The molecule has 1 unspecified atom stereocenters. The second-order valence-electron chi connectivity index (χ2n) is 5.89. The molecular weight excluding hydrogens is 274 g/mol. The Balaban J connectivity index is 2.99. The Morgan fingerprint density at radius 2 is 2.05 bits per heavy atom. The first kappa shape index (κ1) is 17.4. The van der Waals surface area contributed by atoms with Crippen LogP contribution in [-0.4, -0.2) is 48.0 Å². The Hall–Kier alpha value is -1.69. The standard InChI is InChI=1S/C15H23NO5/c1-6-20-11(9-17)12-10(2)7-8-16(13(12)18)14(19)21-15(3,4)5/h9,11H,6-8H2,1-5H3. The fourth-order valence-corrected chi connectivity index (χ4v) is 2.07. The number of amides is 2. The average molecular weight is 297 g/mol. The van der Waals surface area contributed by atoms with Crippen LogP contribution in [0, 0.1) is 0 Å². The Morgan fingerprint density at radius 3 is 2.52 bits per heavy atom. The molecule has 0 aromatic heterocycles. The maximum absolute atomic E-state index is 12.5. The fraction of sp³-hybridized carbons (Fsp3) is 0.667. The summed E-state index contributed by atoms with van der Waals surface area (Å²) in [6.45, 7) is 9.27. The molecule has 6 nitrogen and oxygen atoms in total. The summed E-state index contributed by atoms with van der Waals surface area (Å²) in [4.78, 5) is 36.7. The summed E-state index contributed by atoms with van der Waals surface area (Å²) in [5, 5.41) is 0. The van der Waals surface area contributed by atoms with E-state index >= 15 is 0 Å². The Morgan fingerprint density at radius 1 is 1.43 bits per heavy atom. The van der Waals surface area contributed by atoms with E-state index in [4.69, 9.17) is 9.47 Å². The summed E-state index contributed by atoms with van der Waals surface area (Å²) in [6, 6.07) is 0. The van der Waals surface area contributed by atoms with Gasteiger partial charge in [-0.3, -0.25) is 4.79 Å². The number of ether oxygens (including phenoxy) is 2. The van der Waals surface area contributed by atoms with Crippen LogP contribution in [0.2, 0.25) is 0 Å². The molecule has 0 saturated carbocycles. The first-order valence-electron chi connectivity index (χ1n) is 7.02. The number of rotatable bonds is 4. The van der Waals surface area contributed by atoms with Gasteiger partial charge in [0.25, 0.3) is 5.91 Å². The number of hydrogen-bond donors (Lipinski definition) is 0. The van der Waals surface area contributed by atoms with E-state index in [-0.39, 0.29) is 12.1 Å². The number of carbonyl (C=O) groups is 3. The molecule has 118 valence electrons. The first-order valence-corrected chi connectivity index (χ1v) is 7.02. The highest BCUT2D eigenvalue weighted by Gasteiger charge is 2.36. The number of nitrogens with zero attached hydrogens (tertiary/aromatic N) is 1. The molecule has 1 aliphatic heterocycles. The van der Waals surface area contributed by atoms with Crippen molar-refractivity contribution < 1.29 is 23.9 Å². The van der Waals surface area contributed by atoms with Crippen LogP contribution < -0.4 is 0 Å². The zero-order valence-corrected chi connectivity index (χ0v) is 13.3. The van der Waals surface area contributed by atoms with Crippen molar-refractivity contribution in [2.45, 2.75) is 52.7 Å². The molecule has 0 spiro atoms. The van der Waals surface area contributed by atoms with Crippen molar-refractivity contribution in [2.24, 2.45) is 0 Å². The van der Waals surface area contributed by atoms with Crippen molar-refractivity contribution >= 4 is 18.3 Å². The minimum Gasteiger partial charge on any atom is -0.443 e. The van der Waals surface area contributed by atoms with Gasteiger partial charge in [-0.25, -0.2) is 9.69 Å². The lowest BCUT2D eigenvalue weighted by Crippen LogP contribution is -2.46. The lowest BCUT2D eigenvalue weighted by atomic mass is 9.96. The van der Waals surface area contributed by atoms with E-state index < -0.39 is 23.7 Å². The van der Waals surface area contributed by atoms with Gasteiger partial charge in [0, 0.05) is 13.2 Å². The van der Waals surface area contributed by atoms with Crippen LogP contribution in [0.15, 0.2) is 11.1 Å².